The predicted molar refractivity (Wildman–Crippen MR) is 72.5 cm³/mol. The van der Waals surface area contributed by atoms with Crippen LogP contribution in [0.15, 0.2) is 0 Å². The largest absolute Gasteiger partial charge is 0.381 e. The molecule has 0 aromatic carbocycles. The fourth-order valence-corrected chi connectivity index (χ4v) is 2.60. The van der Waals surface area contributed by atoms with Crippen molar-refractivity contribution in [3.63, 3.8) is 0 Å². The van der Waals surface area contributed by atoms with Crippen LogP contribution in [0.5, 0.6) is 0 Å². The van der Waals surface area contributed by atoms with E-state index < -0.39 is 0 Å². The highest BCUT2D eigenvalue weighted by Crippen LogP contribution is 2.28. The Balaban J connectivity index is 1.88. The topological polar surface area (TPSA) is 39.1 Å². The summed E-state index contributed by atoms with van der Waals surface area (Å²) in [5, 5.41) is 8.05. The average Bonchev–Trinajstić information content (AvgIpc) is 2.56. The lowest BCUT2D eigenvalue weighted by Gasteiger charge is -2.33. The number of rotatable bonds is 4. The van der Waals surface area contributed by atoms with Crippen molar-refractivity contribution in [3.05, 3.63) is 17.0 Å². The van der Waals surface area contributed by atoms with E-state index in [0.717, 1.165) is 44.8 Å². The monoisotopic (exact) mass is 251 g/mol. The normalized spacial score (nSPS) is 19.1. The Labute approximate surface area is 110 Å². The Bertz CT molecular complexity index is 405. The first kappa shape index (κ1) is 13.6. The molecule has 0 bridgehead atoms. The number of aryl methyl sites for hydroxylation is 2. The van der Waals surface area contributed by atoms with Crippen molar-refractivity contribution >= 4 is 0 Å². The first-order valence-corrected chi connectivity index (χ1v) is 6.79. The molecule has 0 aliphatic carbocycles. The van der Waals surface area contributed by atoms with Gasteiger partial charge in [0.1, 0.15) is 0 Å². The van der Waals surface area contributed by atoms with Gasteiger partial charge in [-0.05, 0) is 32.1 Å². The van der Waals surface area contributed by atoms with Crippen molar-refractivity contribution in [3.8, 4) is 0 Å². The van der Waals surface area contributed by atoms with Crippen molar-refractivity contribution in [2.45, 2.75) is 40.2 Å². The first-order valence-electron chi connectivity index (χ1n) is 6.79. The Hall–Kier alpha value is -0.870. The molecule has 0 radical (unpaired) electrons. The highest BCUT2D eigenvalue weighted by molar-refractivity contribution is 5.23. The summed E-state index contributed by atoms with van der Waals surface area (Å²) in [6.45, 7) is 10.4. The average molecular weight is 251 g/mol. The molecule has 0 unspecified atom stereocenters. The number of hydrogen-bond acceptors (Lipinski definition) is 3. The van der Waals surface area contributed by atoms with Crippen LogP contribution in [0.2, 0.25) is 0 Å². The fraction of sp³-hybridized carbons (Fsp3) is 0.786. The molecular formula is C14H25N3O. The maximum atomic E-state index is 5.43. The molecule has 1 saturated heterocycles. The van der Waals surface area contributed by atoms with E-state index >= 15 is 0 Å². The molecule has 4 nitrogen and oxygen atoms in total. The SMILES string of the molecule is Cc1nn(C)c(C)c1CNCC1(C)CCOCC1. The standard InChI is InChI=1S/C14H25N3O/c1-11-13(12(2)17(4)16-11)9-15-10-14(3)5-7-18-8-6-14/h15H,5-10H2,1-4H3. The molecule has 1 fully saturated rings. The highest BCUT2D eigenvalue weighted by Gasteiger charge is 2.26. The number of ether oxygens (including phenoxy) is 1. The molecule has 2 heterocycles. The molecule has 2 rings (SSSR count). The van der Waals surface area contributed by atoms with Crippen LogP contribution in [0.4, 0.5) is 0 Å². The van der Waals surface area contributed by atoms with Gasteiger partial charge in [0.25, 0.3) is 0 Å². The lowest BCUT2D eigenvalue weighted by atomic mass is 9.82. The van der Waals surface area contributed by atoms with Gasteiger partial charge in [0.15, 0.2) is 0 Å². The van der Waals surface area contributed by atoms with Gasteiger partial charge in [-0.25, -0.2) is 0 Å². The van der Waals surface area contributed by atoms with E-state index in [4.69, 9.17) is 4.74 Å². The first-order chi connectivity index (χ1) is 8.52. The molecule has 0 amide bonds. The van der Waals surface area contributed by atoms with E-state index in [2.05, 4.69) is 31.2 Å². The summed E-state index contributed by atoms with van der Waals surface area (Å²) in [7, 11) is 2.01. The molecule has 102 valence electrons. The molecule has 18 heavy (non-hydrogen) atoms. The minimum atomic E-state index is 0.391. The van der Waals surface area contributed by atoms with Crippen LogP contribution in [0.1, 0.15) is 36.7 Å². The molecule has 1 aliphatic rings. The van der Waals surface area contributed by atoms with Crippen LogP contribution in [0.3, 0.4) is 0 Å². The van der Waals surface area contributed by atoms with Crippen molar-refractivity contribution < 1.29 is 4.74 Å². The van der Waals surface area contributed by atoms with Gasteiger partial charge in [-0.2, -0.15) is 5.10 Å². The maximum Gasteiger partial charge on any atom is 0.0641 e. The maximum absolute atomic E-state index is 5.43. The summed E-state index contributed by atoms with van der Waals surface area (Å²) < 4.78 is 7.39. The van der Waals surface area contributed by atoms with Gasteiger partial charge in [-0.1, -0.05) is 6.92 Å². The third-order valence-electron chi connectivity index (χ3n) is 4.21. The minimum Gasteiger partial charge on any atom is -0.381 e. The van der Waals surface area contributed by atoms with Crippen LogP contribution < -0.4 is 5.32 Å². The number of aromatic nitrogens is 2. The van der Waals surface area contributed by atoms with E-state index in [1.165, 1.54) is 11.3 Å². The van der Waals surface area contributed by atoms with Gasteiger partial charge in [-0.3, -0.25) is 4.68 Å². The number of nitrogens with zero attached hydrogens (tertiary/aromatic N) is 2. The number of hydrogen-bond donors (Lipinski definition) is 1. The Morgan fingerprint density at radius 2 is 2.00 bits per heavy atom. The quantitative estimate of drug-likeness (QED) is 0.889. The predicted octanol–water partition coefficient (Wildman–Crippen LogP) is 1.94. The van der Waals surface area contributed by atoms with Crippen molar-refractivity contribution in [1.82, 2.24) is 15.1 Å². The van der Waals surface area contributed by atoms with Crippen LogP contribution in [-0.2, 0) is 18.3 Å². The summed E-state index contributed by atoms with van der Waals surface area (Å²) in [4.78, 5) is 0. The summed E-state index contributed by atoms with van der Waals surface area (Å²) >= 11 is 0. The van der Waals surface area contributed by atoms with Gasteiger partial charge in [0, 0.05) is 44.6 Å². The third kappa shape index (κ3) is 2.93. The smallest absolute Gasteiger partial charge is 0.0641 e. The third-order valence-corrected chi connectivity index (χ3v) is 4.21. The molecule has 1 aliphatic heterocycles. The molecular weight excluding hydrogens is 226 g/mol. The van der Waals surface area contributed by atoms with Gasteiger partial charge >= 0.3 is 0 Å². The van der Waals surface area contributed by atoms with Crippen molar-refractivity contribution in [2.24, 2.45) is 12.5 Å². The van der Waals surface area contributed by atoms with E-state index in [1.807, 2.05) is 11.7 Å². The summed E-state index contributed by atoms with van der Waals surface area (Å²) in [5.74, 6) is 0. The Kier molecular flexibility index (Phi) is 4.07. The summed E-state index contributed by atoms with van der Waals surface area (Å²) in [6, 6.07) is 0. The summed E-state index contributed by atoms with van der Waals surface area (Å²) in [5.41, 5.74) is 4.13. The number of nitrogens with one attached hydrogen (secondary N) is 1. The van der Waals surface area contributed by atoms with E-state index in [-0.39, 0.29) is 0 Å². The van der Waals surface area contributed by atoms with Crippen LogP contribution in [0, 0.1) is 19.3 Å². The molecule has 4 heteroatoms. The molecule has 1 aromatic rings. The van der Waals surface area contributed by atoms with Crippen molar-refractivity contribution in [1.29, 1.82) is 0 Å². The van der Waals surface area contributed by atoms with Crippen molar-refractivity contribution in [2.75, 3.05) is 19.8 Å². The Morgan fingerprint density at radius 3 is 2.56 bits per heavy atom. The summed E-state index contributed by atoms with van der Waals surface area (Å²) in [6.07, 6.45) is 2.32. The van der Waals surface area contributed by atoms with Crippen LogP contribution in [-0.4, -0.2) is 29.5 Å². The zero-order valence-electron chi connectivity index (χ0n) is 12.0. The second-order valence-electron chi connectivity index (χ2n) is 5.80. The van der Waals surface area contributed by atoms with Gasteiger partial charge in [-0.15, -0.1) is 0 Å². The minimum absolute atomic E-state index is 0.391. The zero-order valence-corrected chi connectivity index (χ0v) is 12.0. The van der Waals surface area contributed by atoms with Crippen LogP contribution >= 0.6 is 0 Å². The second-order valence-corrected chi connectivity index (χ2v) is 5.80. The Morgan fingerprint density at radius 1 is 1.33 bits per heavy atom. The lowest BCUT2D eigenvalue weighted by Crippen LogP contribution is -2.36. The molecule has 0 saturated carbocycles. The fourth-order valence-electron chi connectivity index (χ4n) is 2.60. The van der Waals surface area contributed by atoms with E-state index in [1.54, 1.807) is 0 Å². The molecule has 0 atom stereocenters. The van der Waals surface area contributed by atoms with Gasteiger partial charge in [0.2, 0.25) is 0 Å². The van der Waals surface area contributed by atoms with Gasteiger partial charge < -0.3 is 10.1 Å². The molecule has 1 aromatic heterocycles. The molecule has 1 N–H and O–H groups in total. The lowest BCUT2D eigenvalue weighted by molar-refractivity contribution is 0.0240. The zero-order chi connectivity index (χ0) is 13.2. The molecule has 0 spiro atoms. The highest BCUT2D eigenvalue weighted by atomic mass is 16.5. The second kappa shape index (κ2) is 5.41. The van der Waals surface area contributed by atoms with Gasteiger partial charge in [0.05, 0.1) is 5.69 Å². The van der Waals surface area contributed by atoms with Crippen LogP contribution in [0.25, 0.3) is 0 Å². The van der Waals surface area contributed by atoms with E-state index in [9.17, 15) is 0 Å². The van der Waals surface area contributed by atoms with E-state index in [0.29, 0.717) is 5.41 Å².